The maximum absolute atomic E-state index is 11.5. The average Bonchev–Trinajstić information content (AvgIpc) is 2.14. The van der Waals surface area contributed by atoms with Crippen LogP contribution in [0.3, 0.4) is 0 Å². The van der Waals surface area contributed by atoms with E-state index in [1.165, 1.54) is 18.9 Å². The lowest BCUT2D eigenvalue weighted by atomic mass is 10.3. The molecule has 0 radical (unpaired) electrons. The van der Waals surface area contributed by atoms with Crippen molar-refractivity contribution in [3.8, 4) is 5.75 Å². The van der Waals surface area contributed by atoms with Crippen molar-refractivity contribution in [2.75, 3.05) is 7.11 Å². The Bertz CT molecular complexity index is 469. The summed E-state index contributed by atoms with van der Waals surface area (Å²) in [5.74, 6) is 0.285. The molecular weight excluding hydrogens is 246 g/mol. The zero-order chi connectivity index (χ0) is 12.3. The van der Waals surface area contributed by atoms with Crippen LogP contribution >= 0.6 is 11.8 Å². The maximum atomic E-state index is 11.5. The van der Waals surface area contributed by atoms with Crippen LogP contribution in [0.5, 0.6) is 5.75 Å². The predicted octanol–water partition coefficient (Wildman–Crippen LogP) is 1.84. The number of nitrogens with two attached hydrogens (primary N) is 1. The lowest BCUT2D eigenvalue weighted by Gasteiger charge is -2.12. The van der Waals surface area contributed by atoms with E-state index in [1.54, 1.807) is 18.2 Å². The maximum Gasteiger partial charge on any atom is 0.242 e. The molecule has 0 saturated heterocycles. The van der Waals surface area contributed by atoms with Crippen molar-refractivity contribution in [1.82, 2.24) is 0 Å². The highest BCUT2D eigenvalue weighted by atomic mass is 32.2. The first kappa shape index (κ1) is 13.3. The van der Waals surface area contributed by atoms with Crippen LogP contribution in [0, 0.1) is 0 Å². The fourth-order valence-electron chi connectivity index (χ4n) is 1.28. The number of ether oxygens (including phenoxy) is 1. The monoisotopic (exact) mass is 261 g/mol. The van der Waals surface area contributed by atoms with Crippen molar-refractivity contribution in [1.29, 1.82) is 0 Å². The fourth-order valence-corrected chi connectivity index (χ4v) is 3.43. The van der Waals surface area contributed by atoms with E-state index < -0.39 is 10.0 Å². The van der Waals surface area contributed by atoms with Crippen LogP contribution in [0.15, 0.2) is 28.0 Å². The van der Waals surface area contributed by atoms with Gasteiger partial charge in [-0.3, -0.25) is 0 Å². The van der Waals surface area contributed by atoms with Gasteiger partial charge in [0.05, 0.1) is 7.11 Å². The van der Waals surface area contributed by atoms with Gasteiger partial charge in [0, 0.05) is 10.1 Å². The molecule has 0 aliphatic heterocycles. The number of hydrogen-bond donors (Lipinski definition) is 1. The predicted molar refractivity (Wildman–Crippen MR) is 65.4 cm³/mol. The second-order valence-electron chi connectivity index (χ2n) is 3.50. The Kier molecular flexibility index (Phi) is 4.23. The number of methoxy groups -OCH3 is 1. The van der Waals surface area contributed by atoms with Crippen LogP contribution in [0.25, 0.3) is 0 Å². The molecule has 0 spiro atoms. The zero-order valence-electron chi connectivity index (χ0n) is 9.43. The van der Waals surface area contributed by atoms with Gasteiger partial charge in [0.25, 0.3) is 0 Å². The van der Waals surface area contributed by atoms with Crippen molar-refractivity contribution >= 4 is 21.8 Å². The molecule has 0 bridgehead atoms. The van der Waals surface area contributed by atoms with Gasteiger partial charge in [0.15, 0.2) is 0 Å². The van der Waals surface area contributed by atoms with Gasteiger partial charge >= 0.3 is 0 Å². The zero-order valence-corrected chi connectivity index (χ0v) is 11.1. The third-order valence-electron chi connectivity index (χ3n) is 1.81. The summed E-state index contributed by atoms with van der Waals surface area (Å²) in [7, 11) is -2.34. The SMILES string of the molecule is COc1cccc(SC(C)C)c1S(N)(=O)=O. The summed E-state index contributed by atoms with van der Waals surface area (Å²) in [6, 6.07) is 5.06. The Labute approximate surface area is 100 Å². The number of rotatable bonds is 4. The largest absolute Gasteiger partial charge is 0.495 e. The van der Waals surface area contributed by atoms with Gasteiger partial charge in [-0.05, 0) is 12.1 Å². The van der Waals surface area contributed by atoms with Crippen LogP contribution in [0.1, 0.15) is 13.8 Å². The molecule has 1 aromatic carbocycles. The van der Waals surface area contributed by atoms with Gasteiger partial charge in [0.2, 0.25) is 10.0 Å². The third kappa shape index (κ3) is 3.13. The van der Waals surface area contributed by atoms with Gasteiger partial charge in [-0.25, -0.2) is 13.6 Å². The highest BCUT2D eigenvalue weighted by Gasteiger charge is 2.20. The molecule has 90 valence electrons. The molecule has 4 nitrogen and oxygen atoms in total. The van der Waals surface area contributed by atoms with Gasteiger partial charge in [-0.2, -0.15) is 0 Å². The first-order valence-corrected chi connectivity index (χ1v) is 7.15. The normalized spacial score (nSPS) is 11.8. The van der Waals surface area contributed by atoms with E-state index in [9.17, 15) is 8.42 Å². The third-order valence-corrected chi connectivity index (χ3v) is 3.99. The summed E-state index contributed by atoms with van der Waals surface area (Å²) in [5.41, 5.74) is 0. The van der Waals surface area contributed by atoms with Gasteiger partial charge in [-0.15, -0.1) is 11.8 Å². The lowest BCUT2D eigenvalue weighted by Crippen LogP contribution is -2.15. The van der Waals surface area contributed by atoms with E-state index in [1.807, 2.05) is 13.8 Å². The molecule has 0 unspecified atom stereocenters. The minimum absolute atomic E-state index is 0.0659. The van der Waals surface area contributed by atoms with Crippen LogP contribution in [0.2, 0.25) is 0 Å². The van der Waals surface area contributed by atoms with Crippen LogP contribution < -0.4 is 9.88 Å². The lowest BCUT2D eigenvalue weighted by molar-refractivity contribution is 0.400. The van der Waals surface area contributed by atoms with E-state index in [2.05, 4.69) is 0 Å². The Morgan fingerprint density at radius 2 is 2.00 bits per heavy atom. The second-order valence-corrected chi connectivity index (χ2v) is 6.62. The Morgan fingerprint density at radius 3 is 2.44 bits per heavy atom. The van der Waals surface area contributed by atoms with E-state index >= 15 is 0 Å². The van der Waals surface area contributed by atoms with Crippen LogP contribution in [-0.4, -0.2) is 20.8 Å². The highest BCUT2D eigenvalue weighted by molar-refractivity contribution is 8.00. The topological polar surface area (TPSA) is 69.4 Å². The second kappa shape index (κ2) is 5.07. The van der Waals surface area contributed by atoms with Crippen molar-refractivity contribution in [3.05, 3.63) is 18.2 Å². The van der Waals surface area contributed by atoms with Gasteiger partial charge < -0.3 is 4.74 Å². The van der Waals surface area contributed by atoms with E-state index in [0.717, 1.165) is 0 Å². The molecule has 0 saturated carbocycles. The number of thioether (sulfide) groups is 1. The molecule has 0 atom stereocenters. The Morgan fingerprint density at radius 1 is 1.38 bits per heavy atom. The average molecular weight is 261 g/mol. The Hall–Kier alpha value is -0.720. The smallest absolute Gasteiger partial charge is 0.242 e. The van der Waals surface area contributed by atoms with E-state index in [0.29, 0.717) is 4.90 Å². The minimum atomic E-state index is -3.77. The molecule has 0 aliphatic carbocycles. The molecule has 16 heavy (non-hydrogen) atoms. The molecule has 0 heterocycles. The molecule has 0 amide bonds. The molecule has 2 N–H and O–H groups in total. The number of primary sulfonamides is 1. The molecule has 0 fully saturated rings. The molecular formula is C10H15NO3S2. The number of sulfonamides is 1. The van der Waals surface area contributed by atoms with E-state index in [4.69, 9.17) is 9.88 Å². The summed E-state index contributed by atoms with van der Waals surface area (Å²) in [6.07, 6.45) is 0. The van der Waals surface area contributed by atoms with Gasteiger partial charge in [0.1, 0.15) is 10.6 Å². The quantitative estimate of drug-likeness (QED) is 0.840. The molecule has 1 aromatic rings. The molecule has 0 aliphatic rings. The number of benzene rings is 1. The molecule has 0 aromatic heterocycles. The summed E-state index contributed by atoms with van der Waals surface area (Å²) < 4.78 is 28.0. The minimum Gasteiger partial charge on any atom is -0.495 e. The number of hydrogen-bond acceptors (Lipinski definition) is 4. The molecule has 1 rings (SSSR count). The van der Waals surface area contributed by atoms with Crippen LogP contribution in [-0.2, 0) is 10.0 Å². The van der Waals surface area contributed by atoms with Crippen molar-refractivity contribution < 1.29 is 13.2 Å². The summed E-state index contributed by atoms with van der Waals surface area (Å²) >= 11 is 1.44. The van der Waals surface area contributed by atoms with Crippen molar-refractivity contribution in [3.63, 3.8) is 0 Å². The summed E-state index contributed by atoms with van der Waals surface area (Å²) in [6.45, 7) is 3.97. The molecule has 6 heteroatoms. The van der Waals surface area contributed by atoms with Gasteiger partial charge in [-0.1, -0.05) is 19.9 Å². The fraction of sp³-hybridized carbons (Fsp3) is 0.400. The summed E-state index contributed by atoms with van der Waals surface area (Å²) in [4.78, 5) is 0.688. The standard InChI is InChI=1S/C10H15NO3S2/c1-7(2)15-9-6-4-5-8(14-3)10(9)16(11,12)13/h4-7H,1-3H3,(H2,11,12,13). The first-order chi connectivity index (χ1) is 7.36. The Balaban J connectivity index is 3.38. The van der Waals surface area contributed by atoms with Crippen LogP contribution in [0.4, 0.5) is 0 Å². The first-order valence-electron chi connectivity index (χ1n) is 4.72. The van der Waals surface area contributed by atoms with Crippen molar-refractivity contribution in [2.24, 2.45) is 5.14 Å². The van der Waals surface area contributed by atoms with E-state index in [-0.39, 0.29) is 15.9 Å². The highest BCUT2D eigenvalue weighted by Crippen LogP contribution is 2.34. The summed E-state index contributed by atoms with van der Waals surface area (Å²) in [5, 5.41) is 5.46. The van der Waals surface area contributed by atoms with Crippen molar-refractivity contribution in [2.45, 2.75) is 28.9 Å².